The van der Waals surface area contributed by atoms with E-state index >= 15 is 0 Å². The van der Waals surface area contributed by atoms with Crippen molar-refractivity contribution in [2.45, 2.75) is 18.8 Å². The summed E-state index contributed by atoms with van der Waals surface area (Å²) in [5.74, 6) is -0.663. The summed E-state index contributed by atoms with van der Waals surface area (Å²) in [5, 5.41) is 3.43. The molecule has 1 aliphatic heterocycles. The number of benzene rings is 1. The van der Waals surface area contributed by atoms with E-state index < -0.39 is 0 Å². The lowest BCUT2D eigenvalue weighted by molar-refractivity contribution is -0.134. The quantitative estimate of drug-likeness (QED) is 0.795. The number of hydrogen-bond donors (Lipinski definition) is 2. The average Bonchev–Trinajstić information content (AvgIpc) is 2.74. The normalized spacial score (nSPS) is 20.2. The van der Waals surface area contributed by atoms with Crippen LogP contribution in [0.5, 0.6) is 0 Å². The van der Waals surface area contributed by atoms with Crippen molar-refractivity contribution >= 4 is 38.6 Å². The third-order valence-corrected chi connectivity index (χ3v) is 3.94. The molecular formula is C13H11BrN2O2. The summed E-state index contributed by atoms with van der Waals surface area (Å²) in [6.45, 7) is 0. The largest absolute Gasteiger partial charge is 0.358 e. The number of aromatic amines is 1. The molecule has 3 rings (SSSR count). The predicted molar refractivity (Wildman–Crippen MR) is 71.1 cm³/mol. The first kappa shape index (κ1) is 11.5. The first-order valence-electron chi connectivity index (χ1n) is 5.76. The van der Waals surface area contributed by atoms with Crippen molar-refractivity contribution in [3.8, 4) is 0 Å². The maximum Gasteiger partial charge on any atom is 0.235 e. The summed E-state index contributed by atoms with van der Waals surface area (Å²) in [4.78, 5) is 26.2. The SMILES string of the molecule is O=C1CCC(c2cc3c(Br)cccc3[nH]2)C(=O)N1. The molecule has 18 heavy (non-hydrogen) atoms. The molecule has 2 heterocycles. The maximum atomic E-state index is 11.8. The fourth-order valence-electron chi connectivity index (χ4n) is 2.32. The minimum absolute atomic E-state index is 0.187. The van der Waals surface area contributed by atoms with Gasteiger partial charge in [0.05, 0.1) is 5.92 Å². The number of fused-ring (bicyclic) bond motifs is 1. The number of carbonyl (C=O) groups excluding carboxylic acids is 2. The Balaban J connectivity index is 2.02. The minimum atomic E-state index is -0.262. The van der Waals surface area contributed by atoms with Gasteiger partial charge in [0.15, 0.2) is 0 Å². The number of rotatable bonds is 1. The third kappa shape index (κ3) is 1.84. The summed E-state index contributed by atoms with van der Waals surface area (Å²) < 4.78 is 0.995. The smallest absolute Gasteiger partial charge is 0.235 e. The first-order valence-corrected chi connectivity index (χ1v) is 6.55. The van der Waals surface area contributed by atoms with Crippen molar-refractivity contribution in [1.29, 1.82) is 0 Å². The van der Waals surface area contributed by atoms with Crippen LogP contribution in [0.25, 0.3) is 10.9 Å². The van der Waals surface area contributed by atoms with Gasteiger partial charge in [0.2, 0.25) is 11.8 Å². The molecule has 1 fully saturated rings. The van der Waals surface area contributed by atoms with E-state index in [1.807, 2.05) is 24.3 Å². The number of aromatic nitrogens is 1. The van der Waals surface area contributed by atoms with E-state index in [2.05, 4.69) is 26.2 Å². The lowest BCUT2D eigenvalue weighted by Crippen LogP contribution is -2.39. The summed E-state index contributed by atoms with van der Waals surface area (Å²) in [7, 11) is 0. The molecule has 1 saturated heterocycles. The Morgan fingerprint density at radius 2 is 2.11 bits per heavy atom. The van der Waals surface area contributed by atoms with Gasteiger partial charge < -0.3 is 4.98 Å². The first-order chi connectivity index (χ1) is 8.65. The van der Waals surface area contributed by atoms with Crippen LogP contribution in [-0.2, 0) is 9.59 Å². The van der Waals surface area contributed by atoms with Gasteiger partial charge in [-0.25, -0.2) is 0 Å². The second-order valence-corrected chi connectivity index (χ2v) is 5.28. The zero-order valence-corrected chi connectivity index (χ0v) is 11.1. The zero-order chi connectivity index (χ0) is 12.7. The van der Waals surface area contributed by atoms with Gasteiger partial charge in [-0.3, -0.25) is 14.9 Å². The highest BCUT2D eigenvalue weighted by Gasteiger charge is 2.29. The Hall–Kier alpha value is -1.62. The van der Waals surface area contributed by atoms with Gasteiger partial charge in [-0.15, -0.1) is 0 Å². The van der Waals surface area contributed by atoms with Crippen LogP contribution in [0.15, 0.2) is 28.7 Å². The number of amides is 2. The average molecular weight is 307 g/mol. The van der Waals surface area contributed by atoms with Crippen molar-refractivity contribution in [3.63, 3.8) is 0 Å². The number of piperidine rings is 1. The molecule has 1 aliphatic rings. The summed E-state index contributed by atoms with van der Waals surface area (Å²) in [5.41, 5.74) is 1.85. The Morgan fingerprint density at radius 3 is 2.83 bits per heavy atom. The third-order valence-electron chi connectivity index (χ3n) is 3.25. The molecule has 2 amide bonds. The number of nitrogens with one attached hydrogen (secondary N) is 2. The van der Waals surface area contributed by atoms with Crippen molar-refractivity contribution in [2.75, 3.05) is 0 Å². The van der Waals surface area contributed by atoms with E-state index in [9.17, 15) is 9.59 Å². The summed E-state index contributed by atoms with van der Waals surface area (Å²) in [6.07, 6.45) is 0.960. The molecule has 4 nitrogen and oxygen atoms in total. The summed E-state index contributed by atoms with van der Waals surface area (Å²) in [6, 6.07) is 7.84. The standard InChI is InChI=1S/C13H11BrN2O2/c14-9-2-1-3-10-8(9)6-11(15-10)7-4-5-12(17)16-13(7)18/h1-3,6-7,15H,4-5H2,(H,16,17,18). The molecule has 1 unspecified atom stereocenters. The zero-order valence-electron chi connectivity index (χ0n) is 9.50. The van der Waals surface area contributed by atoms with Crippen LogP contribution in [0.3, 0.4) is 0 Å². The Morgan fingerprint density at radius 1 is 1.28 bits per heavy atom. The van der Waals surface area contributed by atoms with Crippen LogP contribution < -0.4 is 5.32 Å². The van der Waals surface area contributed by atoms with Gasteiger partial charge in [0, 0.05) is 27.5 Å². The molecule has 92 valence electrons. The highest BCUT2D eigenvalue weighted by molar-refractivity contribution is 9.10. The molecule has 2 N–H and O–H groups in total. The molecule has 5 heteroatoms. The fraction of sp³-hybridized carbons (Fsp3) is 0.231. The highest BCUT2D eigenvalue weighted by atomic mass is 79.9. The molecule has 0 aliphatic carbocycles. The van der Waals surface area contributed by atoms with Gasteiger partial charge in [0.25, 0.3) is 0 Å². The molecular weight excluding hydrogens is 296 g/mol. The van der Waals surface area contributed by atoms with Crippen LogP contribution in [0.2, 0.25) is 0 Å². The number of halogens is 1. The second kappa shape index (κ2) is 4.24. The van der Waals surface area contributed by atoms with E-state index in [-0.39, 0.29) is 17.7 Å². The van der Waals surface area contributed by atoms with E-state index in [0.717, 1.165) is 21.1 Å². The molecule has 2 aromatic rings. The molecule has 0 radical (unpaired) electrons. The van der Waals surface area contributed by atoms with Gasteiger partial charge in [0.1, 0.15) is 0 Å². The van der Waals surface area contributed by atoms with E-state index in [1.54, 1.807) is 0 Å². The molecule has 0 spiro atoms. The lowest BCUT2D eigenvalue weighted by Gasteiger charge is -2.19. The Bertz CT molecular complexity index is 647. The Labute approximate surface area is 112 Å². The number of H-pyrrole nitrogens is 1. The Kier molecular flexibility index (Phi) is 2.70. The molecule has 0 saturated carbocycles. The number of carbonyl (C=O) groups is 2. The predicted octanol–water partition coefficient (Wildman–Crippen LogP) is 2.45. The lowest BCUT2D eigenvalue weighted by atomic mass is 9.95. The van der Waals surface area contributed by atoms with Crippen LogP contribution in [0.4, 0.5) is 0 Å². The van der Waals surface area contributed by atoms with Crippen molar-refractivity contribution in [1.82, 2.24) is 10.3 Å². The van der Waals surface area contributed by atoms with Gasteiger partial charge in [-0.2, -0.15) is 0 Å². The number of hydrogen-bond acceptors (Lipinski definition) is 2. The second-order valence-electron chi connectivity index (χ2n) is 4.43. The number of imide groups is 1. The van der Waals surface area contributed by atoms with Gasteiger partial charge in [-0.1, -0.05) is 22.0 Å². The van der Waals surface area contributed by atoms with Crippen molar-refractivity contribution in [3.05, 3.63) is 34.4 Å². The summed E-state index contributed by atoms with van der Waals surface area (Å²) >= 11 is 3.48. The minimum Gasteiger partial charge on any atom is -0.358 e. The molecule has 0 bridgehead atoms. The van der Waals surface area contributed by atoms with Crippen molar-refractivity contribution in [2.24, 2.45) is 0 Å². The molecule has 1 aromatic heterocycles. The maximum absolute atomic E-state index is 11.8. The van der Waals surface area contributed by atoms with Crippen LogP contribution in [0.1, 0.15) is 24.5 Å². The van der Waals surface area contributed by atoms with E-state index in [4.69, 9.17) is 0 Å². The monoisotopic (exact) mass is 306 g/mol. The topological polar surface area (TPSA) is 62.0 Å². The highest BCUT2D eigenvalue weighted by Crippen LogP contribution is 2.30. The molecule has 1 aromatic carbocycles. The fourth-order valence-corrected chi connectivity index (χ4v) is 2.80. The van der Waals surface area contributed by atoms with Crippen LogP contribution >= 0.6 is 15.9 Å². The van der Waals surface area contributed by atoms with Gasteiger partial charge in [-0.05, 0) is 24.6 Å². The molecule has 1 atom stereocenters. The van der Waals surface area contributed by atoms with E-state index in [1.165, 1.54) is 0 Å². The van der Waals surface area contributed by atoms with Crippen LogP contribution in [-0.4, -0.2) is 16.8 Å². The van der Waals surface area contributed by atoms with Gasteiger partial charge >= 0.3 is 0 Å². The van der Waals surface area contributed by atoms with Crippen LogP contribution in [0, 0.1) is 0 Å². The van der Waals surface area contributed by atoms with E-state index in [0.29, 0.717) is 12.8 Å². The van der Waals surface area contributed by atoms with Crippen molar-refractivity contribution < 1.29 is 9.59 Å².